The number of rotatable bonds is 3. The second kappa shape index (κ2) is 5.97. The number of amides is 1. The first-order valence-corrected chi connectivity index (χ1v) is 7.21. The molecular formula is C17H19N3O. The normalized spacial score (nSPS) is 13.7. The van der Waals surface area contributed by atoms with Crippen molar-refractivity contribution in [3.8, 4) is 0 Å². The number of nitrogen functional groups attached to an aromatic ring is 1. The van der Waals surface area contributed by atoms with E-state index in [0.717, 1.165) is 31.5 Å². The monoisotopic (exact) mass is 281 g/mol. The van der Waals surface area contributed by atoms with E-state index >= 15 is 0 Å². The van der Waals surface area contributed by atoms with E-state index in [9.17, 15) is 4.79 Å². The van der Waals surface area contributed by atoms with E-state index in [1.54, 1.807) is 0 Å². The number of hydrogen-bond acceptors (Lipinski definition) is 3. The van der Waals surface area contributed by atoms with E-state index in [4.69, 9.17) is 5.84 Å². The molecule has 0 radical (unpaired) electrons. The van der Waals surface area contributed by atoms with Crippen LogP contribution in [0.2, 0.25) is 0 Å². The predicted octanol–water partition coefficient (Wildman–Crippen LogP) is 2.24. The molecule has 3 N–H and O–H groups in total. The number of benzene rings is 2. The molecule has 21 heavy (non-hydrogen) atoms. The highest BCUT2D eigenvalue weighted by molar-refractivity contribution is 5.95. The van der Waals surface area contributed by atoms with Crippen LogP contribution in [-0.4, -0.2) is 12.5 Å². The number of nitrogens with two attached hydrogens (primary N) is 1. The Morgan fingerprint density at radius 1 is 1.14 bits per heavy atom. The van der Waals surface area contributed by atoms with Crippen LogP contribution in [0.15, 0.2) is 48.5 Å². The maximum atomic E-state index is 11.9. The highest BCUT2D eigenvalue weighted by Crippen LogP contribution is 2.28. The summed E-state index contributed by atoms with van der Waals surface area (Å²) < 4.78 is 0. The van der Waals surface area contributed by atoms with Crippen molar-refractivity contribution < 1.29 is 4.79 Å². The molecule has 0 saturated carbocycles. The van der Waals surface area contributed by atoms with E-state index < -0.39 is 0 Å². The predicted molar refractivity (Wildman–Crippen MR) is 83.9 cm³/mol. The van der Waals surface area contributed by atoms with Gasteiger partial charge in [-0.15, -0.1) is 0 Å². The van der Waals surface area contributed by atoms with Crippen LogP contribution < -0.4 is 16.2 Å². The second-order valence-corrected chi connectivity index (χ2v) is 5.28. The fraction of sp³-hybridized carbons (Fsp3) is 0.235. The van der Waals surface area contributed by atoms with Crippen LogP contribution in [0.1, 0.15) is 27.9 Å². The van der Waals surface area contributed by atoms with E-state index in [-0.39, 0.29) is 5.91 Å². The van der Waals surface area contributed by atoms with Crippen molar-refractivity contribution in [2.75, 3.05) is 11.4 Å². The van der Waals surface area contributed by atoms with Crippen molar-refractivity contribution in [1.82, 2.24) is 5.43 Å². The van der Waals surface area contributed by atoms with Gasteiger partial charge in [0, 0.05) is 24.3 Å². The maximum absolute atomic E-state index is 11.9. The van der Waals surface area contributed by atoms with Gasteiger partial charge in [0.15, 0.2) is 0 Å². The number of nitrogens with one attached hydrogen (secondary N) is 1. The Balaban J connectivity index is 1.90. The van der Waals surface area contributed by atoms with Crippen LogP contribution in [0, 0.1) is 0 Å². The number of hydrogen-bond donors (Lipinski definition) is 2. The molecule has 3 rings (SSSR count). The highest BCUT2D eigenvalue weighted by Gasteiger charge is 2.18. The number of aryl methyl sites for hydroxylation is 1. The molecule has 2 aromatic carbocycles. The zero-order chi connectivity index (χ0) is 14.7. The summed E-state index contributed by atoms with van der Waals surface area (Å²) in [5.41, 5.74) is 6.51. The first-order valence-electron chi connectivity index (χ1n) is 7.21. The van der Waals surface area contributed by atoms with Crippen LogP contribution in [0.5, 0.6) is 0 Å². The summed E-state index contributed by atoms with van der Waals surface area (Å²) in [4.78, 5) is 14.2. The Morgan fingerprint density at radius 3 is 2.76 bits per heavy atom. The molecule has 0 bridgehead atoms. The molecule has 1 aliphatic rings. The summed E-state index contributed by atoms with van der Waals surface area (Å²) >= 11 is 0. The average molecular weight is 281 g/mol. The van der Waals surface area contributed by atoms with Crippen LogP contribution in [0.4, 0.5) is 5.69 Å². The SMILES string of the molecule is NNC(=O)c1ccccc1CN1CCCc2ccccc21. The van der Waals surface area contributed by atoms with Gasteiger partial charge in [-0.05, 0) is 36.1 Å². The van der Waals surface area contributed by atoms with Crippen molar-refractivity contribution in [3.05, 3.63) is 65.2 Å². The fourth-order valence-corrected chi connectivity index (χ4v) is 2.94. The molecule has 1 aliphatic heterocycles. The summed E-state index contributed by atoms with van der Waals surface area (Å²) in [6, 6.07) is 16.1. The number of carbonyl (C=O) groups excluding carboxylic acids is 1. The van der Waals surface area contributed by atoms with Gasteiger partial charge >= 0.3 is 0 Å². The Morgan fingerprint density at radius 2 is 1.90 bits per heavy atom. The van der Waals surface area contributed by atoms with Crippen molar-refractivity contribution in [2.45, 2.75) is 19.4 Å². The second-order valence-electron chi connectivity index (χ2n) is 5.28. The Bertz CT molecular complexity index is 654. The molecule has 4 nitrogen and oxygen atoms in total. The quantitative estimate of drug-likeness (QED) is 0.515. The lowest BCUT2D eigenvalue weighted by atomic mass is 10.00. The van der Waals surface area contributed by atoms with Crippen molar-refractivity contribution in [2.24, 2.45) is 5.84 Å². The van der Waals surface area contributed by atoms with Gasteiger partial charge in [-0.2, -0.15) is 0 Å². The lowest BCUT2D eigenvalue weighted by molar-refractivity contribution is 0.0952. The van der Waals surface area contributed by atoms with Gasteiger partial charge in [0.25, 0.3) is 5.91 Å². The van der Waals surface area contributed by atoms with Crippen molar-refractivity contribution >= 4 is 11.6 Å². The Labute approximate surface area is 124 Å². The highest BCUT2D eigenvalue weighted by atomic mass is 16.2. The molecule has 0 fully saturated rings. The van der Waals surface area contributed by atoms with Gasteiger partial charge in [-0.25, -0.2) is 5.84 Å². The molecule has 0 unspecified atom stereocenters. The first kappa shape index (κ1) is 13.6. The largest absolute Gasteiger partial charge is 0.367 e. The molecule has 0 aliphatic carbocycles. The zero-order valence-electron chi connectivity index (χ0n) is 11.9. The van der Waals surface area contributed by atoms with Crippen molar-refractivity contribution in [1.29, 1.82) is 0 Å². The molecular weight excluding hydrogens is 262 g/mol. The number of anilines is 1. The summed E-state index contributed by atoms with van der Waals surface area (Å²) in [5.74, 6) is 5.03. The van der Waals surface area contributed by atoms with Gasteiger partial charge in [-0.1, -0.05) is 36.4 Å². The van der Waals surface area contributed by atoms with Crippen LogP contribution in [-0.2, 0) is 13.0 Å². The summed E-state index contributed by atoms with van der Waals surface area (Å²) in [6.45, 7) is 1.73. The first-order chi connectivity index (χ1) is 10.3. The summed E-state index contributed by atoms with van der Waals surface area (Å²) in [7, 11) is 0. The van der Waals surface area contributed by atoms with Gasteiger partial charge in [0.05, 0.1) is 0 Å². The van der Waals surface area contributed by atoms with Crippen molar-refractivity contribution in [3.63, 3.8) is 0 Å². The standard InChI is InChI=1S/C17H19N3O/c18-19-17(21)15-9-3-1-7-14(15)12-20-11-5-8-13-6-2-4-10-16(13)20/h1-4,6-7,9-10H,5,8,11-12,18H2,(H,19,21). The minimum Gasteiger partial charge on any atom is -0.367 e. The Kier molecular flexibility index (Phi) is 3.88. The molecule has 108 valence electrons. The van der Waals surface area contributed by atoms with Gasteiger partial charge in [0.2, 0.25) is 0 Å². The van der Waals surface area contributed by atoms with Crippen LogP contribution in [0.3, 0.4) is 0 Å². The fourth-order valence-electron chi connectivity index (χ4n) is 2.94. The molecule has 0 saturated heterocycles. The third-order valence-corrected chi connectivity index (χ3v) is 3.96. The third-order valence-electron chi connectivity index (χ3n) is 3.96. The van der Waals surface area contributed by atoms with E-state index in [1.165, 1.54) is 11.3 Å². The molecule has 1 heterocycles. The molecule has 0 atom stereocenters. The zero-order valence-corrected chi connectivity index (χ0v) is 11.9. The van der Waals surface area contributed by atoms with Gasteiger partial charge < -0.3 is 4.90 Å². The van der Waals surface area contributed by atoms with E-state index in [1.807, 2.05) is 24.3 Å². The van der Waals surface area contributed by atoms with E-state index in [0.29, 0.717) is 5.56 Å². The Hall–Kier alpha value is -2.33. The average Bonchev–Trinajstić information content (AvgIpc) is 2.55. The van der Waals surface area contributed by atoms with Crippen LogP contribution >= 0.6 is 0 Å². The number of nitrogens with zero attached hydrogens (tertiary/aromatic N) is 1. The van der Waals surface area contributed by atoms with Crippen LogP contribution in [0.25, 0.3) is 0 Å². The lowest BCUT2D eigenvalue weighted by Gasteiger charge is -2.31. The van der Waals surface area contributed by atoms with Gasteiger partial charge in [-0.3, -0.25) is 10.2 Å². The number of carbonyl (C=O) groups is 1. The number of para-hydroxylation sites is 1. The van der Waals surface area contributed by atoms with E-state index in [2.05, 4.69) is 34.6 Å². The number of fused-ring (bicyclic) bond motifs is 1. The maximum Gasteiger partial charge on any atom is 0.265 e. The summed E-state index contributed by atoms with van der Waals surface area (Å²) in [6.07, 6.45) is 2.26. The lowest BCUT2D eigenvalue weighted by Crippen LogP contribution is -2.33. The molecule has 0 spiro atoms. The van der Waals surface area contributed by atoms with Gasteiger partial charge in [0.1, 0.15) is 0 Å². The summed E-state index contributed by atoms with van der Waals surface area (Å²) in [5, 5.41) is 0. The molecule has 1 amide bonds. The number of hydrazine groups is 1. The molecule has 0 aromatic heterocycles. The minimum atomic E-state index is -0.240. The third kappa shape index (κ3) is 2.76. The smallest absolute Gasteiger partial charge is 0.265 e. The minimum absolute atomic E-state index is 0.240. The molecule has 4 heteroatoms. The topological polar surface area (TPSA) is 58.4 Å². The molecule has 2 aromatic rings.